The molecule has 8 nitrogen and oxygen atoms in total. The minimum Gasteiger partial charge on any atom is -0.491 e. The van der Waals surface area contributed by atoms with Crippen molar-refractivity contribution in [1.29, 1.82) is 0 Å². The highest BCUT2D eigenvalue weighted by Gasteiger charge is 2.35. The van der Waals surface area contributed by atoms with Crippen molar-refractivity contribution < 1.29 is 19.0 Å². The molecule has 2 atom stereocenters. The second-order valence-electron chi connectivity index (χ2n) is 6.96. The average Bonchev–Trinajstić information content (AvgIpc) is 3.28. The second-order valence-corrected chi connectivity index (χ2v) is 6.96. The molecule has 1 fully saturated rings. The molecule has 1 saturated heterocycles. The zero-order valence-corrected chi connectivity index (χ0v) is 14.9. The van der Waals surface area contributed by atoms with E-state index in [1.807, 2.05) is 4.90 Å². The molecule has 4 heterocycles. The zero-order chi connectivity index (χ0) is 19.3. The molecule has 28 heavy (non-hydrogen) atoms. The Bertz CT molecular complexity index is 1070. The van der Waals surface area contributed by atoms with Gasteiger partial charge in [-0.2, -0.15) is 5.10 Å². The van der Waals surface area contributed by atoms with Gasteiger partial charge in [0.2, 0.25) is 0 Å². The molecule has 2 N–H and O–H groups in total. The number of benzene rings is 1. The maximum Gasteiger partial charge on any atom is 0.256 e. The van der Waals surface area contributed by atoms with Crippen molar-refractivity contribution in [2.45, 2.75) is 18.6 Å². The Balaban J connectivity index is 1.69. The minimum atomic E-state index is -0.584. The van der Waals surface area contributed by atoms with Gasteiger partial charge in [0.1, 0.15) is 29.6 Å². The number of aromatic nitrogens is 3. The average molecular weight is 383 g/mol. The number of carbonyl (C=O) groups is 1. The number of ether oxygens (including phenoxy) is 1. The largest absolute Gasteiger partial charge is 0.491 e. The summed E-state index contributed by atoms with van der Waals surface area (Å²) in [6.07, 6.45) is 3.04. The van der Waals surface area contributed by atoms with E-state index in [2.05, 4.69) is 15.4 Å². The van der Waals surface area contributed by atoms with E-state index in [0.717, 1.165) is 0 Å². The van der Waals surface area contributed by atoms with E-state index in [1.165, 1.54) is 22.8 Å². The van der Waals surface area contributed by atoms with Crippen molar-refractivity contribution in [3.05, 3.63) is 53.6 Å². The lowest BCUT2D eigenvalue weighted by atomic mass is 10.0. The SMILES string of the molecule is O=C1NCCOc2ccc(F)cc2[C@H]2C[C@@H](O)CN2c2ccn3ncc1c3n2. The molecule has 0 aliphatic carbocycles. The van der Waals surface area contributed by atoms with E-state index in [9.17, 15) is 14.3 Å². The number of anilines is 1. The van der Waals surface area contributed by atoms with Crippen molar-refractivity contribution in [1.82, 2.24) is 19.9 Å². The maximum atomic E-state index is 14.0. The summed E-state index contributed by atoms with van der Waals surface area (Å²) in [4.78, 5) is 19.0. The monoisotopic (exact) mass is 383 g/mol. The third kappa shape index (κ3) is 2.75. The molecule has 0 unspecified atom stereocenters. The molecule has 0 saturated carbocycles. The topological polar surface area (TPSA) is 92.0 Å². The molecule has 1 aromatic carbocycles. The van der Waals surface area contributed by atoms with Crippen LogP contribution in [-0.2, 0) is 0 Å². The summed E-state index contributed by atoms with van der Waals surface area (Å²) in [5.74, 6) is 0.448. The number of rotatable bonds is 0. The smallest absolute Gasteiger partial charge is 0.256 e. The van der Waals surface area contributed by atoms with Crippen molar-refractivity contribution in [3.8, 4) is 5.75 Å². The fraction of sp³-hybridized carbons (Fsp3) is 0.316. The van der Waals surface area contributed by atoms with E-state index in [-0.39, 0.29) is 30.9 Å². The molecule has 144 valence electrons. The van der Waals surface area contributed by atoms with Crippen LogP contribution in [0.3, 0.4) is 0 Å². The number of aliphatic hydroxyl groups excluding tert-OH is 1. The molecular formula is C19H18FN5O3. The Hall–Kier alpha value is -3.20. The van der Waals surface area contributed by atoms with Gasteiger partial charge in [0.15, 0.2) is 5.65 Å². The Morgan fingerprint density at radius 1 is 1.32 bits per heavy atom. The number of aliphatic hydroxyl groups is 1. The van der Waals surface area contributed by atoms with E-state index in [4.69, 9.17) is 4.74 Å². The Labute approximate surface area is 159 Å². The van der Waals surface area contributed by atoms with Crippen LogP contribution >= 0.6 is 0 Å². The number of amides is 1. The summed E-state index contributed by atoms with van der Waals surface area (Å²) in [6.45, 7) is 0.859. The number of nitrogens with zero attached hydrogens (tertiary/aromatic N) is 4. The lowest BCUT2D eigenvalue weighted by Crippen LogP contribution is -2.28. The lowest BCUT2D eigenvalue weighted by Gasteiger charge is -2.27. The molecule has 1 amide bonds. The maximum absolute atomic E-state index is 14.0. The molecule has 2 bridgehead atoms. The van der Waals surface area contributed by atoms with Crippen LogP contribution in [0.2, 0.25) is 0 Å². The standard InChI is InChI=1S/C19H18FN5O3/c20-11-1-2-16-13(7-11)15-8-12(26)10-24(15)17-3-5-25-18(23-17)14(9-22-25)19(27)21-4-6-28-16/h1-3,5,7,9,12,15,26H,4,6,8,10H2,(H,21,27)/t12-,15-/m1/s1. The van der Waals surface area contributed by atoms with Gasteiger partial charge >= 0.3 is 0 Å². The molecule has 2 aliphatic rings. The quantitative estimate of drug-likeness (QED) is 0.608. The predicted octanol–water partition coefficient (Wildman–Crippen LogP) is 1.30. The van der Waals surface area contributed by atoms with Gasteiger partial charge in [-0.1, -0.05) is 0 Å². The van der Waals surface area contributed by atoms with Crippen LogP contribution in [0, 0.1) is 5.82 Å². The molecule has 0 spiro atoms. The molecule has 5 rings (SSSR count). The van der Waals surface area contributed by atoms with Gasteiger partial charge in [0.05, 0.1) is 24.9 Å². The summed E-state index contributed by atoms with van der Waals surface area (Å²) in [5, 5.41) is 17.3. The molecule has 2 aliphatic heterocycles. The minimum absolute atomic E-state index is 0.231. The van der Waals surface area contributed by atoms with Crippen LogP contribution in [0.5, 0.6) is 5.75 Å². The Morgan fingerprint density at radius 2 is 2.21 bits per heavy atom. The number of fused-ring (bicyclic) bond motifs is 5. The number of hydrogen-bond donors (Lipinski definition) is 2. The fourth-order valence-electron chi connectivity index (χ4n) is 3.87. The van der Waals surface area contributed by atoms with Gasteiger partial charge in [0.25, 0.3) is 5.91 Å². The summed E-state index contributed by atoms with van der Waals surface area (Å²) in [5.41, 5.74) is 1.44. The van der Waals surface area contributed by atoms with Crippen molar-refractivity contribution in [2.75, 3.05) is 24.6 Å². The van der Waals surface area contributed by atoms with Crippen molar-refractivity contribution in [2.24, 2.45) is 0 Å². The third-order valence-corrected chi connectivity index (χ3v) is 5.15. The van der Waals surface area contributed by atoms with Gasteiger partial charge in [-0.05, 0) is 30.7 Å². The molecule has 2 aromatic heterocycles. The van der Waals surface area contributed by atoms with Gasteiger partial charge in [-0.25, -0.2) is 13.9 Å². The summed E-state index contributed by atoms with van der Waals surface area (Å²) >= 11 is 0. The second kappa shape index (κ2) is 6.45. The normalized spacial score (nSPS) is 21.9. The number of nitrogens with one attached hydrogen (secondary N) is 1. The van der Waals surface area contributed by atoms with Crippen LogP contribution in [0.4, 0.5) is 10.2 Å². The lowest BCUT2D eigenvalue weighted by molar-refractivity contribution is 0.0948. The molecule has 0 radical (unpaired) electrons. The van der Waals surface area contributed by atoms with Crippen LogP contribution in [-0.4, -0.2) is 51.4 Å². The first-order chi connectivity index (χ1) is 13.6. The highest BCUT2D eigenvalue weighted by atomic mass is 19.1. The molecule has 3 aromatic rings. The summed E-state index contributed by atoms with van der Waals surface area (Å²) < 4.78 is 21.4. The fourth-order valence-corrected chi connectivity index (χ4v) is 3.87. The number of halogens is 1. The van der Waals surface area contributed by atoms with Crippen LogP contribution in [0.15, 0.2) is 36.7 Å². The van der Waals surface area contributed by atoms with E-state index >= 15 is 0 Å². The predicted molar refractivity (Wildman–Crippen MR) is 97.9 cm³/mol. The van der Waals surface area contributed by atoms with Crippen molar-refractivity contribution in [3.63, 3.8) is 0 Å². The van der Waals surface area contributed by atoms with Crippen LogP contribution < -0.4 is 15.0 Å². The van der Waals surface area contributed by atoms with E-state index in [1.54, 1.807) is 18.3 Å². The van der Waals surface area contributed by atoms with Crippen LogP contribution in [0.25, 0.3) is 5.65 Å². The highest BCUT2D eigenvalue weighted by Crippen LogP contribution is 2.40. The van der Waals surface area contributed by atoms with Crippen molar-refractivity contribution >= 4 is 17.4 Å². The zero-order valence-electron chi connectivity index (χ0n) is 14.9. The van der Waals surface area contributed by atoms with Gasteiger partial charge in [0, 0.05) is 18.3 Å². The van der Waals surface area contributed by atoms with E-state index < -0.39 is 6.10 Å². The van der Waals surface area contributed by atoms with E-state index in [0.29, 0.717) is 41.3 Å². The first-order valence-electron chi connectivity index (χ1n) is 9.10. The van der Waals surface area contributed by atoms with Gasteiger partial charge < -0.3 is 20.1 Å². The summed E-state index contributed by atoms with van der Waals surface area (Å²) in [6, 6.07) is 5.83. The first-order valence-corrected chi connectivity index (χ1v) is 9.10. The Morgan fingerprint density at radius 3 is 3.11 bits per heavy atom. The Kier molecular flexibility index (Phi) is 3.90. The number of hydrogen-bond acceptors (Lipinski definition) is 6. The van der Waals surface area contributed by atoms with Gasteiger partial charge in [-0.15, -0.1) is 0 Å². The summed E-state index contributed by atoms with van der Waals surface area (Å²) in [7, 11) is 0. The number of carbonyl (C=O) groups excluding carboxylic acids is 1. The van der Waals surface area contributed by atoms with Gasteiger partial charge in [-0.3, -0.25) is 4.79 Å². The third-order valence-electron chi connectivity index (χ3n) is 5.15. The molecular weight excluding hydrogens is 365 g/mol. The highest BCUT2D eigenvalue weighted by molar-refractivity contribution is 5.99. The van der Waals surface area contributed by atoms with Crippen LogP contribution in [0.1, 0.15) is 28.4 Å². The first kappa shape index (κ1) is 16.9. The molecule has 9 heteroatoms.